The summed E-state index contributed by atoms with van der Waals surface area (Å²) in [5.74, 6) is 0. The Morgan fingerprint density at radius 3 is 2.42 bits per heavy atom. The molecular formula is C15H20BrN3. The Bertz CT molecular complexity index is 555. The molecule has 0 radical (unpaired) electrons. The summed E-state index contributed by atoms with van der Waals surface area (Å²) in [6.45, 7) is 7.26. The van der Waals surface area contributed by atoms with E-state index in [4.69, 9.17) is 0 Å². The van der Waals surface area contributed by atoms with Gasteiger partial charge in [0, 0.05) is 35.4 Å². The maximum atomic E-state index is 4.37. The van der Waals surface area contributed by atoms with Gasteiger partial charge >= 0.3 is 0 Å². The molecule has 0 saturated carbocycles. The fraction of sp³-hybridized carbons (Fsp3) is 0.400. The minimum absolute atomic E-state index is 0.0665. The maximum Gasteiger partial charge on any atom is 0.0638 e. The zero-order valence-corrected chi connectivity index (χ0v) is 13.5. The van der Waals surface area contributed by atoms with Crippen LogP contribution in [-0.4, -0.2) is 9.78 Å². The van der Waals surface area contributed by atoms with Crippen molar-refractivity contribution in [3.05, 3.63) is 51.8 Å². The highest BCUT2D eigenvalue weighted by Gasteiger charge is 2.20. The molecule has 1 N–H and O–H groups in total. The summed E-state index contributed by atoms with van der Waals surface area (Å²) in [4.78, 5) is 0. The van der Waals surface area contributed by atoms with Gasteiger partial charge in [-0.05, 0) is 38.5 Å². The molecule has 1 heterocycles. The number of benzene rings is 1. The van der Waals surface area contributed by atoms with Crippen molar-refractivity contribution in [2.45, 2.75) is 32.9 Å². The summed E-state index contributed by atoms with van der Waals surface area (Å²) in [5, 5.41) is 7.96. The number of halogens is 1. The first-order chi connectivity index (χ1) is 8.88. The first-order valence-electron chi connectivity index (χ1n) is 6.39. The smallest absolute Gasteiger partial charge is 0.0638 e. The van der Waals surface area contributed by atoms with Gasteiger partial charge in [0.15, 0.2) is 0 Å². The molecule has 19 heavy (non-hydrogen) atoms. The van der Waals surface area contributed by atoms with Crippen LogP contribution in [-0.2, 0) is 19.1 Å². The first kappa shape index (κ1) is 14.3. The third kappa shape index (κ3) is 3.45. The summed E-state index contributed by atoms with van der Waals surface area (Å²) in [6, 6.07) is 8.45. The van der Waals surface area contributed by atoms with Crippen LogP contribution >= 0.6 is 15.9 Å². The molecule has 0 saturated heterocycles. The monoisotopic (exact) mass is 321 g/mol. The van der Waals surface area contributed by atoms with Crippen molar-refractivity contribution in [3.8, 4) is 0 Å². The van der Waals surface area contributed by atoms with Gasteiger partial charge in [0.1, 0.15) is 0 Å². The Kier molecular flexibility index (Phi) is 4.11. The maximum absolute atomic E-state index is 4.37. The zero-order valence-electron chi connectivity index (χ0n) is 11.9. The van der Waals surface area contributed by atoms with Crippen LogP contribution in [0.4, 0.5) is 0 Å². The Labute approximate surface area is 123 Å². The average Bonchev–Trinajstić information content (AvgIpc) is 2.66. The molecular weight excluding hydrogens is 302 g/mol. The van der Waals surface area contributed by atoms with Crippen LogP contribution < -0.4 is 5.32 Å². The standard InChI is InChI=1S/C15H20BrN3/c1-11-12(10-19(4)18-11)9-17-15(2,3)13-5-7-14(16)8-6-13/h5-8,10,17H,9H2,1-4H3. The molecule has 3 nitrogen and oxygen atoms in total. The molecule has 0 unspecified atom stereocenters. The Hall–Kier alpha value is -1.13. The van der Waals surface area contributed by atoms with Crippen molar-refractivity contribution >= 4 is 15.9 Å². The number of aromatic nitrogens is 2. The summed E-state index contributed by atoms with van der Waals surface area (Å²) in [6.07, 6.45) is 2.07. The topological polar surface area (TPSA) is 29.9 Å². The van der Waals surface area contributed by atoms with Gasteiger partial charge < -0.3 is 5.32 Å². The normalized spacial score (nSPS) is 11.8. The highest BCUT2D eigenvalue weighted by Crippen LogP contribution is 2.22. The fourth-order valence-corrected chi connectivity index (χ4v) is 2.37. The predicted molar refractivity (Wildman–Crippen MR) is 82.0 cm³/mol. The number of nitrogens with zero attached hydrogens (tertiary/aromatic N) is 2. The quantitative estimate of drug-likeness (QED) is 0.933. The minimum Gasteiger partial charge on any atom is -0.304 e. The van der Waals surface area contributed by atoms with Gasteiger partial charge in [-0.25, -0.2) is 0 Å². The van der Waals surface area contributed by atoms with Gasteiger partial charge in [-0.1, -0.05) is 28.1 Å². The van der Waals surface area contributed by atoms with Crippen molar-refractivity contribution in [3.63, 3.8) is 0 Å². The summed E-state index contributed by atoms with van der Waals surface area (Å²) in [7, 11) is 1.95. The average molecular weight is 322 g/mol. The SMILES string of the molecule is Cc1nn(C)cc1CNC(C)(C)c1ccc(Br)cc1. The predicted octanol–water partition coefficient (Wildman–Crippen LogP) is 3.52. The van der Waals surface area contributed by atoms with Gasteiger partial charge in [0.2, 0.25) is 0 Å². The molecule has 0 amide bonds. The van der Waals surface area contributed by atoms with Crippen molar-refractivity contribution in [1.82, 2.24) is 15.1 Å². The van der Waals surface area contributed by atoms with Crippen LogP contribution in [0.25, 0.3) is 0 Å². The lowest BCUT2D eigenvalue weighted by atomic mass is 9.94. The lowest BCUT2D eigenvalue weighted by Gasteiger charge is -2.27. The van der Waals surface area contributed by atoms with Crippen LogP contribution in [0.3, 0.4) is 0 Å². The van der Waals surface area contributed by atoms with Gasteiger partial charge in [0.25, 0.3) is 0 Å². The van der Waals surface area contributed by atoms with Gasteiger partial charge in [-0.15, -0.1) is 0 Å². The van der Waals surface area contributed by atoms with Crippen molar-refractivity contribution in [2.24, 2.45) is 7.05 Å². The lowest BCUT2D eigenvalue weighted by Crippen LogP contribution is -2.36. The van der Waals surface area contributed by atoms with Gasteiger partial charge in [-0.3, -0.25) is 4.68 Å². The lowest BCUT2D eigenvalue weighted by molar-refractivity contribution is 0.400. The fourth-order valence-electron chi connectivity index (χ4n) is 2.11. The van der Waals surface area contributed by atoms with E-state index in [1.165, 1.54) is 11.1 Å². The number of hydrogen-bond acceptors (Lipinski definition) is 2. The third-order valence-corrected chi connectivity index (χ3v) is 3.93. The molecule has 2 aromatic rings. The highest BCUT2D eigenvalue weighted by molar-refractivity contribution is 9.10. The van der Waals surface area contributed by atoms with E-state index in [0.29, 0.717) is 0 Å². The van der Waals surface area contributed by atoms with Crippen LogP contribution in [0.5, 0.6) is 0 Å². The molecule has 0 spiro atoms. The summed E-state index contributed by atoms with van der Waals surface area (Å²) < 4.78 is 2.97. The van der Waals surface area contributed by atoms with E-state index in [-0.39, 0.29) is 5.54 Å². The molecule has 102 valence electrons. The van der Waals surface area contributed by atoms with Gasteiger partial charge in [-0.2, -0.15) is 5.10 Å². The van der Waals surface area contributed by atoms with Crippen LogP contribution in [0, 0.1) is 6.92 Å². The minimum atomic E-state index is -0.0665. The molecule has 0 fully saturated rings. The van der Waals surface area contributed by atoms with E-state index in [1.54, 1.807) is 0 Å². The second-order valence-corrected chi connectivity index (χ2v) is 6.31. The van der Waals surface area contributed by atoms with E-state index in [9.17, 15) is 0 Å². The van der Waals surface area contributed by atoms with Crippen molar-refractivity contribution in [1.29, 1.82) is 0 Å². The number of aryl methyl sites for hydroxylation is 2. The highest BCUT2D eigenvalue weighted by atomic mass is 79.9. The number of rotatable bonds is 4. The van der Waals surface area contributed by atoms with Crippen LogP contribution in [0.2, 0.25) is 0 Å². The second kappa shape index (κ2) is 5.47. The molecule has 2 rings (SSSR count). The molecule has 1 aromatic carbocycles. The molecule has 1 aromatic heterocycles. The molecule has 0 bridgehead atoms. The molecule has 4 heteroatoms. The Balaban J connectivity index is 2.09. The van der Waals surface area contributed by atoms with E-state index in [0.717, 1.165) is 16.7 Å². The molecule has 0 atom stereocenters. The van der Waals surface area contributed by atoms with E-state index in [1.807, 2.05) is 18.7 Å². The summed E-state index contributed by atoms with van der Waals surface area (Å²) >= 11 is 3.47. The first-order valence-corrected chi connectivity index (χ1v) is 7.18. The Morgan fingerprint density at radius 1 is 1.26 bits per heavy atom. The Morgan fingerprint density at radius 2 is 1.89 bits per heavy atom. The molecule has 0 aliphatic heterocycles. The van der Waals surface area contributed by atoms with E-state index >= 15 is 0 Å². The van der Waals surface area contributed by atoms with E-state index in [2.05, 4.69) is 70.7 Å². The van der Waals surface area contributed by atoms with E-state index < -0.39 is 0 Å². The molecule has 0 aliphatic rings. The number of nitrogens with one attached hydrogen (secondary N) is 1. The van der Waals surface area contributed by atoms with Crippen LogP contribution in [0.1, 0.15) is 30.7 Å². The third-order valence-electron chi connectivity index (χ3n) is 3.40. The molecule has 0 aliphatic carbocycles. The second-order valence-electron chi connectivity index (χ2n) is 5.40. The summed E-state index contributed by atoms with van der Waals surface area (Å²) in [5.41, 5.74) is 3.54. The van der Waals surface area contributed by atoms with Gasteiger partial charge in [0.05, 0.1) is 5.69 Å². The van der Waals surface area contributed by atoms with Crippen molar-refractivity contribution in [2.75, 3.05) is 0 Å². The van der Waals surface area contributed by atoms with Crippen molar-refractivity contribution < 1.29 is 0 Å². The number of hydrogen-bond donors (Lipinski definition) is 1. The largest absolute Gasteiger partial charge is 0.304 e. The van der Waals surface area contributed by atoms with Crippen LogP contribution in [0.15, 0.2) is 34.9 Å². The zero-order chi connectivity index (χ0) is 14.0.